The molecule has 51 heavy (non-hydrogen) atoms. The zero-order chi connectivity index (χ0) is 37.8. The van der Waals surface area contributed by atoms with E-state index in [0.29, 0.717) is 62.4 Å². The Morgan fingerprint density at radius 3 is 1.73 bits per heavy atom. The number of hydrogen-bond acceptors (Lipinski definition) is 10. The third-order valence-corrected chi connectivity index (χ3v) is 9.15. The van der Waals surface area contributed by atoms with Crippen LogP contribution in [0.5, 0.6) is 0 Å². The average molecular weight is 849 g/mol. The molecule has 3 heterocycles. The summed E-state index contributed by atoms with van der Waals surface area (Å²) >= 11 is 27.3. The maximum atomic E-state index is 13.0. The lowest BCUT2D eigenvalue weighted by Gasteiger charge is -2.26. The summed E-state index contributed by atoms with van der Waals surface area (Å²) in [4.78, 5) is 74.1. The molecule has 0 saturated carbocycles. The lowest BCUT2D eigenvalue weighted by molar-refractivity contribution is -0.142. The smallest absolute Gasteiger partial charge is 0.308 e. The number of carbonyl (C=O) groups is 6. The van der Waals surface area contributed by atoms with Crippen LogP contribution in [-0.4, -0.2) is 52.1 Å². The van der Waals surface area contributed by atoms with Gasteiger partial charge in [0.1, 0.15) is 0 Å². The third kappa shape index (κ3) is 9.07. The van der Waals surface area contributed by atoms with Crippen LogP contribution in [0.1, 0.15) is 64.5 Å². The van der Waals surface area contributed by atoms with E-state index in [-0.39, 0.29) is 41.5 Å². The predicted molar refractivity (Wildman–Crippen MR) is 190 cm³/mol. The molecule has 2 aromatic rings. The largest absolute Gasteiger partial charge is 0.456 e. The van der Waals surface area contributed by atoms with Crippen LogP contribution in [0.4, 0.5) is 0 Å². The lowest BCUT2D eigenvalue weighted by atomic mass is 9.91. The second-order valence-corrected chi connectivity index (χ2v) is 14.3. The quantitative estimate of drug-likeness (QED) is 0.206. The molecular formula is C34H31BrCl4N2O10. The molecule has 0 aliphatic carbocycles. The highest BCUT2D eigenvalue weighted by molar-refractivity contribution is 9.09. The Hall–Kier alpha value is -3.62. The molecule has 1 N–H and O–H groups in total. The molecule has 3 aliphatic rings. The summed E-state index contributed by atoms with van der Waals surface area (Å²) in [6.45, 7) is 5.72. The number of likely N-dealkylation sites (tertiary alicyclic amines) is 1. The van der Waals surface area contributed by atoms with Crippen LogP contribution in [0, 0.1) is 0 Å². The molecule has 1 fully saturated rings. The van der Waals surface area contributed by atoms with Gasteiger partial charge in [-0.2, -0.15) is 0 Å². The van der Waals surface area contributed by atoms with Crippen LogP contribution in [0.25, 0.3) is 0 Å². The highest BCUT2D eigenvalue weighted by Crippen LogP contribution is 2.43. The summed E-state index contributed by atoms with van der Waals surface area (Å²) in [6.07, 6.45) is 1.78. The Morgan fingerprint density at radius 2 is 1.27 bits per heavy atom. The van der Waals surface area contributed by atoms with Crippen molar-refractivity contribution in [3.05, 3.63) is 90.9 Å². The van der Waals surface area contributed by atoms with Gasteiger partial charge in [-0.15, -0.1) is 0 Å². The monoisotopic (exact) mass is 846 g/mol. The minimum absolute atomic E-state index is 0.0405. The molecule has 3 aliphatic heterocycles. The molecule has 2 atom stereocenters. The zero-order valence-corrected chi connectivity index (χ0v) is 32.2. The van der Waals surface area contributed by atoms with Gasteiger partial charge in [0.2, 0.25) is 35.1 Å². The number of nitrogens with one attached hydrogen (secondary N) is 1. The average Bonchev–Trinajstić information content (AvgIpc) is 3.64. The number of amides is 2. The molecule has 12 nitrogen and oxygen atoms in total. The predicted octanol–water partition coefficient (Wildman–Crippen LogP) is 6.99. The Balaban J connectivity index is 0.000000229. The van der Waals surface area contributed by atoms with Crippen LogP contribution >= 0.6 is 62.3 Å². The lowest BCUT2D eigenvalue weighted by Crippen LogP contribution is -2.32. The van der Waals surface area contributed by atoms with Crippen LogP contribution in [0.3, 0.4) is 0 Å². The van der Waals surface area contributed by atoms with E-state index in [1.54, 1.807) is 12.1 Å². The number of rotatable bonds is 9. The van der Waals surface area contributed by atoms with Gasteiger partial charge in [-0.3, -0.25) is 39.0 Å². The fourth-order valence-corrected chi connectivity index (χ4v) is 6.60. The molecule has 0 radical (unpaired) electrons. The molecular weight excluding hydrogens is 818 g/mol. The molecule has 2 aromatic carbocycles. The van der Waals surface area contributed by atoms with E-state index in [1.807, 2.05) is 0 Å². The van der Waals surface area contributed by atoms with Gasteiger partial charge in [0, 0.05) is 69.8 Å². The first-order valence-electron chi connectivity index (χ1n) is 15.3. The van der Waals surface area contributed by atoms with Crippen molar-refractivity contribution in [3.63, 3.8) is 0 Å². The molecule has 2 unspecified atom stereocenters. The standard InChI is InChI=1S/C17H16BrCl2NO5.C17H15Cl2NO5/c1-9(22)25-14-15(24)17(2,10-6-11(19)8-12(20)7-10)26-16(14)21-13(23)4-3-5-18;1-9(21)24-14-15(23)17(2,10-6-11(18)8-12(19)7-10)25-16(14)20-5-3-4-13(20)22/h6-8H,3-5H2,1-2H3,(H,21,23);6-8H,3-5H2,1-2H3. The second-order valence-electron chi connectivity index (χ2n) is 11.7. The van der Waals surface area contributed by atoms with Crippen molar-refractivity contribution in [2.24, 2.45) is 0 Å². The van der Waals surface area contributed by atoms with E-state index in [9.17, 15) is 28.8 Å². The zero-order valence-electron chi connectivity index (χ0n) is 27.6. The first-order valence-corrected chi connectivity index (χ1v) is 17.9. The van der Waals surface area contributed by atoms with Crippen LogP contribution in [0.2, 0.25) is 20.1 Å². The van der Waals surface area contributed by atoms with Crippen molar-refractivity contribution >= 4 is 97.7 Å². The van der Waals surface area contributed by atoms with E-state index < -0.39 is 34.7 Å². The van der Waals surface area contributed by atoms with E-state index >= 15 is 0 Å². The van der Waals surface area contributed by atoms with Gasteiger partial charge < -0.3 is 18.9 Å². The van der Waals surface area contributed by atoms with Crippen molar-refractivity contribution in [3.8, 4) is 0 Å². The number of ether oxygens (including phenoxy) is 4. The van der Waals surface area contributed by atoms with Crippen molar-refractivity contribution in [1.82, 2.24) is 10.2 Å². The fourth-order valence-electron chi connectivity index (χ4n) is 5.26. The van der Waals surface area contributed by atoms with Crippen molar-refractivity contribution in [1.29, 1.82) is 0 Å². The highest BCUT2D eigenvalue weighted by Gasteiger charge is 2.52. The minimum atomic E-state index is -1.54. The number of halogens is 5. The third-order valence-electron chi connectivity index (χ3n) is 7.71. The SMILES string of the molecule is CC(=O)OC1=C(N2CCCC2=O)OC(C)(c2cc(Cl)cc(Cl)c2)C1=O.CC(=O)OC1=C(NC(=O)CCCBr)OC(C)(c2cc(Cl)cc(Cl)c2)C1=O. The number of alkyl halides is 1. The first-order chi connectivity index (χ1) is 23.9. The number of esters is 2. The highest BCUT2D eigenvalue weighted by atomic mass is 79.9. The summed E-state index contributed by atoms with van der Waals surface area (Å²) in [5.41, 5.74) is -2.27. The van der Waals surface area contributed by atoms with Gasteiger partial charge in [0.25, 0.3) is 11.6 Å². The van der Waals surface area contributed by atoms with Gasteiger partial charge in [-0.05, 0) is 63.1 Å². The molecule has 5 rings (SSSR count). The molecule has 17 heteroatoms. The molecule has 0 bridgehead atoms. The van der Waals surface area contributed by atoms with Crippen LogP contribution in [-0.2, 0) is 58.9 Å². The van der Waals surface area contributed by atoms with Crippen LogP contribution in [0.15, 0.2) is 59.7 Å². The van der Waals surface area contributed by atoms with Gasteiger partial charge in [-0.1, -0.05) is 62.3 Å². The minimum Gasteiger partial charge on any atom is -0.456 e. The maximum Gasteiger partial charge on any atom is 0.308 e. The number of benzene rings is 2. The molecule has 0 spiro atoms. The summed E-state index contributed by atoms with van der Waals surface area (Å²) in [6, 6.07) is 9.18. The molecule has 1 saturated heterocycles. The topological polar surface area (TPSA) is 155 Å². The fraction of sp³-hybridized carbons (Fsp3) is 0.353. The van der Waals surface area contributed by atoms with Crippen LogP contribution < -0.4 is 5.32 Å². The number of Topliss-reactive ketones (excluding diaryl/α,β-unsaturated/α-hetero) is 2. The Morgan fingerprint density at radius 1 is 0.804 bits per heavy atom. The van der Waals surface area contributed by atoms with Crippen molar-refractivity contribution in [2.75, 3.05) is 11.9 Å². The van der Waals surface area contributed by atoms with Gasteiger partial charge in [-0.25, -0.2) is 0 Å². The van der Waals surface area contributed by atoms with Gasteiger partial charge >= 0.3 is 11.9 Å². The second kappa shape index (κ2) is 16.4. The number of nitrogens with zero attached hydrogens (tertiary/aromatic N) is 1. The Bertz CT molecular complexity index is 1840. The Kier molecular flexibility index (Phi) is 12.9. The summed E-state index contributed by atoms with van der Waals surface area (Å²) in [7, 11) is 0. The first kappa shape index (κ1) is 40.2. The Labute approximate surface area is 321 Å². The van der Waals surface area contributed by atoms with Crippen molar-refractivity contribution in [2.45, 2.75) is 64.6 Å². The molecule has 0 aromatic heterocycles. The van der Waals surface area contributed by atoms with Crippen molar-refractivity contribution < 1.29 is 47.7 Å². The molecule has 2 amide bonds. The van der Waals surface area contributed by atoms with E-state index in [2.05, 4.69) is 21.2 Å². The van der Waals surface area contributed by atoms with E-state index in [0.717, 1.165) is 6.92 Å². The maximum absolute atomic E-state index is 13.0. The van der Waals surface area contributed by atoms with E-state index in [4.69, 9.17) is 65.4 Å². The summed E-state index contributed by atoms with van der Waals surface area (Å²) < 4.78 is 21.7. The number of ketones is 2. The number of carbonyl (C=O) groups excluding carboxylic acids is 6. The summed E-state index contributed by atoms with van der Waals surface area (Å²) in [5.74, 6) is -4.03. The van der Waals surface area contributed by atoms with E-state index in [1.165, 1.54) is 49.9 Å². The summed E-state index contributed by atoms with van der Waals surface area (Å²) in [5, 5.41) is 4.43. The normalized spacial score (nSPS) is 21.3. The number of hydrogen-bond donors (Lipinski definition) is 1. The van der Waals surface area contributed by atoms with Gasteiger partial charge in [0.15, 0.2) is 11.2 Å². The molecule has 272 valence electrons. The van der Waals surface area contributed by atoms with Gasteiger partial charge in [0.05, 0.1) is 0 Å².